The Morgan fingerprint density at radius 1 is 0.895 bits per heavy atom. The van der Waals surface area contributed by atoms with E-state index < -0.39 is 0 Å². The maximum absolute atomic E-state index is 5.71. The zero-order valence-corrected chi connectivity index (χ0v) is 13.5. The van der Waals surface area contributed by atoms with Gasteiger partial charge in [-0.25, -0.2) is 0 Å². The van der Waals surface area contributed by atoms with Gasteiger partial charge in [0.05, 0.1) is 6.10 Å². The maximum Gasteiger partial charge on any atom is 0.0709 e. The van der Waals surface area contributed by atoms with Gasteiger partial charge in [0, 0.05) is 19.7 Å². The maximum atomic E-state index is 5.71. The van der Waals surface area contributed by atoms with Gasteiger partial charge in [0.25, 0.3) is 0 Å². The summed E-state index contributed by atoms with van der Waals surface area (Å²) in [4.78, 5) is 4.99. The van der Waals surface area contributed by atoms with Crippen molar-refractivity contribution in [2.24, 2.45) is 5.73 Å². The normalized spacial score (nSPS) is 13.4. The first-order chi connectivity index (χ1) is 9.21. The summed E-state index contributed by atoms with van der Waals surface area (Å²) in [5.74, 6) is 0. The van der Waals surface area contributed by atoms with Gasteiger partial charge in [-0.3, -0.25) is 0 Å². The smallest absolute Gasteiger partial charge is 0.0709 e. The van der Waals surface area contributed by atoms with Crippen LogP contribution < -0.4 is 5.73 Å². The van der Waals surface area contributed by atoms with E-state index in [1.807, 2.05) is 6.92 Å². The van der Waals surface area contributed by atoms with Crippen LogP contribution in [-0.2, 0) is 4.74 Å². The van der Waals surface area contributed by atoms with E-state index >= 15 is 0 Å². The predicted octanol–water partition coefficient (Wildman–Crippen LogP) is 1.79. The molecule has 1 atom stereocenters. The molecule has 0 aromatic heterocycles. The van der Waals surface area contributed by atoms with Gasteiger partial charge >= 0.3 is 0 Å². The standard InChI is InChI=1S/C15H35N3O/c1-5-17(6-2)11-9-12-18(7-3)13-10-15(14-16)19-8-4/h15H,5-14,16H2,1-4H3. The summed E-state index contributed by atoms with van der Waals surface area (Å²) in [5.41, 5.74) is 5.71. The Kier molecular flexibility index (Phi) is 12.7. The Bertz CT molecular complexity index is 186. The Labute approximate surface area is 120 Å². The van der Waals surface area contributed by atoms with Gasteiger partial charge in [0.1, 0.15) is 0 Å². The van der Waals surface area contributed by atoms with Crippen molar-refractivity contribution in [1.29, 1.82) is 0 Å². The Hall–Kier alpha value is -0.160. The fourth-order valence-corrected chi connectivity index (χ4v) is 2.32. The van der Waals surface area contributed by atoms with Crippen LogP contribution >= 0.6 is 0 Å². The molecule has 0 rings (SSSR count). The molecule has 0 bridgehead atoms. The van der Waals surface area contributed by atoms with Crippen LogP contribution in [0.5, 0.6) is 0 Å². The Balaban J connectivity index is 3.81. The number of hydrogen-bond acceptors (Lipinski definition) is 4. The summed E-state index contributed by atoms with van der Waals surface area (Å²) in [6, 6.07) is 0. The van der Waals surface area contributed by atoms with E-state index in [1.165, 1.54) is 19.5 Å². The highest BCUT2D eigenvalue weighted by Crippen LogP contribution is 2.02. The Morgan fingerprint density at radius 3 is 1.95 bits per heavy atom. The summed E-state index contributed by atoms with van der Waals surface area (Å²) < 4.78 is 5.60. The first-order valence-electron chi connectivity index (χ1n) is 7.97. The lowest BCUT2D eigenvalue weighted by molar-refractivity contribution is 0.0544. The third-order valence-electron chi connectivity index (χ3n) is 3.72. The molecule has 19 heavy (non-hydrogen) atoms. The van der Waals surface area contributed by atoms with Crippen molar-refractivity contribution >= 4 is 0 Å². The molecule has 0 aromatic carbocycles. The van der Waals surface area contributed by atoms with E-state index in [2.05, 4.69) is 30.6 Å². The van der Waals surface area contributed by atoms with Crippen molar-refractivity contribution < 1.29 is 4.74 Å². The fraction of sp³-hybridized carbons (Fsp3) is 1.00. The fourth-order valence-electron chi connectivity index (χ4n) is 2.32. The van der Waals surface area contributed by atoms with Crippen molar-refractivity contribution in [3.8, 4) is 0 Å². The molecule has 0 aliphatic carbocycles. The molecule has 4 nitrogen and oxygen atoms in total. The summed E-state index contributed by atoms with van der Waals surface area (Å²) >= 11 is 0. The largest absolute Gasteiger partial charge is 0.377 e. The molecule has 0 spiro atoms. The zero-order chi connectivity index (χ0) is 14.5. The number of hydrogen-bond donors (Lipinski definition) is 1. The van der Waals surface area contributed by atoms with Crippen LogP contribution in [0, 0.1) is 0 Å². The molecular weight excluding hydrogens is 238 g/mol. The minimum absolute atomic E-state index is 0.224. The van der Waals surface area contributed by atoms with Gasteiger partial charge in [-0.15, -0.1) is 0 Å². The number of rotatable bonds is 13. The van der Waals surface area contributed by atoms with Crippen molar-refractivity contribution in [3.05, 3.63) is 0 Å². The summed E-state index contributed by atoms with van der Waals surface area (Å²) in [6.45, 7) is 17.0. The van der Waals surface area contributed by atoms with Crippen LogP contribution in [0.4, 0.5) is 0 Å². The molecule has 0 radical (unpaired) electrons. The molecule has 0 aliphatic heterocycles. The Morgan fingerprint density at radius 2 is 1.47 bits per heavy atom. The van der Waals surface area contributed by atoms with Crippen LogP contribution in [0.25, 0.3) is 0 Å². The number of ether oxygens (including phenoxy) is 1. The summed E-state index contributed by atoms with van der Waals surface area (Å²) in [5, 5.41) is 0. The second-order valence-corrected chi connectivity index (χ2v) is 4.92. The SMILES string of the molecule is CCOC(CN)CCN(CC)CCCN(CC)CC. The lowest BCUT2D eigenvalue weighted by Crippen LogP contribution is -2.34. The van der Waals surface area contributed by atoms with Crippen molar-refractivity contribution in [2.75, 3.05) is 52.4 Å². The molecule has 1 unspecified atom stereocenters. The van der Waals surface area contributed by atoms with Crippen LogP contribution in [0.1, 0.15) is 40.5 Å². The van der Waals surface area contributed by atoms with Gasteiger partial charge < -0.3 is 20.3 Å². The number of nitrogens with zero attached hydrogens (tertiary/aromatic N) is 2. The van der Waals surface area contributed by atoms with Crippen LogP contribution in [-0.4, -0.2) is 68.3 Å². The molecule has 0 amide bonds. The van der Waals surface area contributed by atoms with Gasteiger partial charge in [-0.2, -0.15) is 0 Å². The van der Waals surface area contributed by atoms with E-state index in [1.54, 1.807) is 0 Å². The molecule has 0 saturated carbocycles. The van der Waals surface area contributed by atoms with Crippen molar-refractivity contribution in [1.82, 2.24) is 9.80 Å². The minimum Gasteiger partial charge on any atom is -0.377 e. The van der Waals surface area contributed by atoms with Crippen molar-refractivity contribution in [3.63, 3.8) is 0 Å². The van der Waals surface area contributed by atoms with Crippen LogP contribution in [0.15, 0.2) is 0 Å². The molecule has 116 valence electrons. The first-order valence-corrected chi connectivity index (χ1v) is 7.97. The summed E-state index contributed by atoms with van der Waals surface area (Å²) in [7, 11) is 0. The second kappa shape index (κ2) is 12.9. The average Bonchev–Trinajstić information content (AvgIpc) is 2.45. The molecule has 0 saturated heterocycles. The van der Waals surface area contributed by atoms with Gasteiger partial charge in [0.15, 0.2) is 0 Å². The van der Waals surface area contributed by atoms with Gasteiger partial charge in [0.2, 0.25) is 0 Å². The quantitative estimate of drug-likeness (QED) is 0.555. The van der Waals surface area contributed by atoms with E-state index in [9.17, 15) is 0 Å². The highest BCUT2D eigenvalue weighted by Gasteiger charge is 2.09. The van der Waals surface area contributed by atoms with E-state index in [4.69, 9.17) is 10.5 Å². The lowest BCUT2D eigenvalue weighted by atomic mass is 10.2. The van der Waals surface area contributed by atoms with Crippen LogP contribution in [0.3, 0.4) is 0 Å². The molecule has 0 aliphatic rings. The van der Waals surface area contributed by atoms with Crippen molar-refractivity contribution in [2.45, 2.75) is 46.6 Å². The monoisotopic (exact) mass is 273 g/mol. The minimum atomic E-state index is 0.224. The second-order valence-electron chi connectivity index (χ2n) is 4.92. The van der Waals surface area contributed by atoms with Crippen LogP contribution in [0.2, 0.25) is 0 Å². The topological polar surface area (TPSA) is 41.7 Å². The third kappa shape index (κ3) is 9.38. The average molecular weight is 273 g/mol. The van der Waals surface area contributed by atoms with Gasteiger partial charge in [-0.05, 0) is 52.5 Å². The summed E-state index contributed by atoms with van der Waals surface area (Å²) in [6.07, 6.45) is 2.52. The highest BCUT2D eigenvalue weighted by atomic mass is 16.5. The molecule has 0 heterocycles. The highest BCUT2D eigenvalue weighted by molar-refractivity contribution is 4.64. The molecule has 4 heteroatoms. The van der Waals surface area contributed by atoms with E-state index in [0.29, 0.717) is 6.54 Å². The lowest BCUT2D eigenvalue weighted by Gasteiger charge is -2.25. The van der Waals surface area contributed by atoms with E-state index in [-0.39, 0.29) is 6.10 Å². The molecule has 2 N–H and O–H groups in total. The molecule has 0 fully saturated rings. The number of nitrogens with two attached hydrogens (primary N) is 1. The first kappa shape index (κ1) is 18.8. The molecule has 0 aromatic rings. The predicted molar refractivity (Wildman–Crippen MR) is 83.6 cm³/mol. The van der Waals surface area contributed by atoms with E-state index in [0.717, 1.165) is 39.2 Å². The zero-order valence-electron chi connectivity index (χ0n) is 13.5. The molecular formula is C15H35N3O. The third-order valence-corrected chi connectivity index (χ3v) is 3.72. The van der Waals surface area contributed by atoms with Gasteiger partial charge in [-0.1, -0.05) is 20.8 Å².